The van der Waals surface area contributed by atoms with E-state index in [-0.39, 0.29) is 18.5 Å². The first-order valence-corrected chi connectivity index (χ1v) is 8.82. The molecule has 2 heterocycles. The summed E-state index contributed by atoms with van der Waals surface area (Å²) in [5, 5.41) is 9.75. The van der Waals surface area contributed by atoms with Crippen LogP contribution in [0, 0.1) is 18.8 Å². The lowest BCUT2D eigenvalue weighted by molar-refractivity contribution is -0.160. The maximum absolute atomic E-state index is 11.5. The van der Waals surface area contributed by atoms with Gasteiger partial charge >= 0.3 is 5.97 Å². The van der Waals surface area contributed by atoms with Crippen molar-refractivity contribution in [1.82, 2.24) is 4.57 Å². The lowest BCUT2D eigenvalue weighted by Gasteiger charge is -2.27. The van der Waals surface area contributed by atoms with E-state index in [1.807, 2.05) is 0 Å². The molecule has 1 aromatic heterocycles. The van der Waals surface area contributed by atoms with Crippen LogP contribution in [0.15, 0.2) is 24.3 Å². The predicted molar refractivity (Wildman–Crippen MR) is 87.0 cm³/mol. The number of hydrogen-bond donors (Lipinski definition) is 1. The normalized spacial score (nSPS) is 35.7. The highest BCUT2D eigenvalue weighted by Gasteiger charge is 2.38. The SMILES string of the molecule is Cc1ccc(C2C[C@H]3C=C[C@H]2C3)n1CCC1CC(O)CC(=O)O1. The van der Waals surface area contributed by atoms with E-state index in [0.717, 1.165) is 18.9 Å². The van der Waals surface area contributed by atoms with Crippen LogP contribution in [0.4, 0.5) is 0 Å². The average Bonchev–Trinajstić information content (AvgIpc) is 3.19. The molecule has 1 saturated carbocycles. The number of nitrogens with zero attached hydrogens (tertiary/aromatic N) is 1. The molecule has 3 unspecified atom stereocenters. The minimum atomic E-state index is -0.540. The average molecular weight is 315 g/mol. The molecule has 1 saturated heterocycles. The number of hydrogen-bond acceptors (Lipinski definition) is 3. The van der Waals surface area contributed by atoms with E-state index in [0.29, 0.717) is 18.3 Å². The van der Waals surface area contributed by atoms with E-state index in [2.05, 4.69) is 35.8 Å². The smallest absolute Gasteiger partial charge is 0.308 e. The zero-order chi connectivity index (χ0) is 16.0. The van der Waals surface area contributed by atoms with Gasteiger partial charge in [0.2, 0.25) is 0 Å². The highest BCUT2D eigenvalue weighted by molar-refractivity contribution is 5.70. The standard InChI is InChI=1S/C19H25NO3/c1-12-2-5-18(17-9-13-3-4-14(17)8-13)20(12)7-6-16-10-15(21)11-19(22)23-16/h2-5,13-17,21H,6-11H2,1H3/t13-,14-,15?,16?,17?/m0/s1. The molecule has 23 heavy (non-hydrogen) atoms. The minimum Gasteiger partial charge on any atom is -0.462 e. The van der Waals surface area contributed by atoms with Gasteiger partial charge in [0.1, 0.15) is 6.10 Å². The number of carbonyl (C=O) groups excluding carboxylic acids is 1. The van der Waals surface area contributed by atoms with Crippen molar-refractivity contribution in [3.8, 4) is 0 Å². The van der Waals surface area contributed by atoms with Gasteiger partial charge in [0, 0.05) is 36.7 Å². The molecule has 4 rings (SSSR count). The predicted octanol–water partition coefficient (Wildman–Crippen LogP) is 2.93. The number of esters is 1. The van der Waals surface area contributed by atoms with Crippen molar-refractivity contribution >= 4 is 5.97 Å². The molecule has 4 heteroatoms. The van der Waals surface area contributed by atoms with E-state index in [1.54, 1.807) is 0 Å². The summed E-state index contributed by atoms with van der Waals surface area (Å²) in [7, 11) is 0. The third-order valence-corrected chi connectivity index (χ3v) is 5.80. The largest absolute Gasteiger partial charge is 0.462 e. The summed E-state index contributed by atoms with van der Waals surface area (Å²) >= 11 is 0. The second-order valence-corrected chi connectivity index (χ2v) is 7.43. The molecular formula is C19H25NO3. The van der Waals surface area contributed by atoms with Crippen LogP contribution in [-0.2, 0) is 16.1 Å². The Hall–Kier alpha value is -1.55. The van der Waals surface area contributed by atoms with E-state index in [9.17, 15) is 9.90 Å². The molecule has 0 aromatic carbocycles. The molecule has 1 N–H and O–H groups in total. The molecule has 124 valence electrons. The molecule has 1 aliphatic heterocycles. The van der Waals surface area contributed by atoms with Gasteiger partial charge in [-0.25, -0.2) is 0 Å². The highest BCUT2D eigenvalue weighted by Crippen LogP contribution is 2.49. The summed E-state index contributed by atoms with van der Waals surface area (Å²) in [6.45, 7) is 3.00. The van der Waals surface area contributed by atoms with Gasteiger partial charge in [-0.05, 0) is 43.7 Å². The number of ether oxygens (including phenoxy) is 1. The molecule has 1 aromatic rings. The minimum absolute atomic E-state index is 0.141. The molecule has 2 aliphatic carbocycles. The molecule has 5 atom stereocenters. The zero-order valence-corrected chi connectivity index (χ0v) is 13.6. The monoisotopic (exact) mass is 315 g/mol. The third kappa shape index (κ3) is 2.85. The van der Waals surface area contributed by atoms with Crippen molar-refractivity contribution in [2.75, 3.05) is 0 Å². The number of cyclic esters (lactones) is 1. The van der Waals surface area contributed by atoms with Gasteiger partial charge in [-0.2, -0.15) is 0 Å². The van der Waals surface area contributed by atoms with Crippen LogP contribution < -0.4 is 0 Å². The summed E-state index contributed by atoms with van der Waals surface area (Å²) in [6.07, 6.45) is 8.14. The fourth-order valence-corrected chi connectivity index (χ4v) is 4.65. The molecule has 2 fully saturated rings. The van der Waals surface area contributed by atoms with Gasteiger partial charge < -0.3 is 14.4 Å². The molecule has 0 amide bonds. The third-order valence-electron chi connectivity index (χ3n) is 5.80. The molecule has 0 radical (unpaired) electrons. The second-order valence-electron chi connectivity index (χ2n) is 7.43. The van der Waals surface area contributed by atoms with Crippen LogP contribution in [0.3, 0.4) is 0 Å². The number of aliphatic hydroxyl groups excluding tert-OH is 1. The number of fused-ring (bicyclic) bond motifs is 2. The van der Waals surface area contributed by atoms with E-state index in [1.165, 1.54) is 24.2 Å². The Labute approximate surface area is 137 Å². The fourth-order valence-electron chi connectivity index (χ4n) is 4.65. The Morgan fingerprint density at radius 1 is 1.26 bits per heavy atom. The highest BCUT2D eigenvalue weighted by atomic mass is 16.5. The molecule has 2 bridgehead atoms. The molecule has 3 aliphatic rings. The number of rotatable bonds is 4. The van der Waals surface area contributed by atoms with Gasteiger partial charge in [0.25, 0.3) is 0 Å². The van der Waals surface area contributed by atoms with Gasteiger partial charge in [0.15, 0.2) is 0 Å². The molecular weight excluding hydrogens is 290 g/mol. The summed E-state index contributed by atoms with van der Waals surface area (Å²) in [5.74, 6) is 1.83. The number of carbonyl (C=O) groups is 1. The van der Waals surface area contributed by atoms with E-state index >= 15 is 0 Å². The van der Waals surface area contributed by atoms with Crippen LogP contribution in [0.2, 0.25) is 0 Å². The topological polar surface area (TPSA) is 51.5 Å². The Balaban J connectivity index is 1.46. The van der Waals surface area contributed by atoms with Gasteiger partial charge in [-0.1, -0.05) is 12.2 Å². The van der Waals surface area contributed by atoms with E-state index in [4.69, 9.17) is 4.74 Å². The molecule has 0 spiro atoms. The Morgan fingerprint density at radius 2 is 2.13 bits per heavy atom. The second kappa shape index (κ2) is 5.82. The van der Waals surface area contributed by atoms with Crippen LogP contribution in [-0.4, -0.2) is 27.9 Å². The number of aryl methyl sites for hydroxylation is 1. The van der Waals surface area contributed by atoms with E-state index < -0.39 is 6.10 Å². The van der Waals surface area contributed by atoms with Crippen molar-refractivity contribution in [3.05, 3.63) is 35.7 Å². The first-order chi connectivity index (χ1) is 11.1. The fraction of sp³-hybridized carbons (Fsp3) is 0.632. The first kappa shape index (κ1) is 15.0. The van der Waals surface area contributed by atoms with Crippen molar-refractivity contribution in [2.45, 2.75) is 63.7 Å². The molecule has 4 nitrogen and oxygen atoms in total. The van der Waals surface area contributed by atoms with Gasteiger partial charge in [-0.3, -0.25) is 4.79 Å². The summed E-state index contributed by atoms with van der Waals surface area (Å²) in [6, 6.07) is 4.48. The number of aromatic nitrogens is 1. The summed E-state index contributed by atoms with van der Waals surface area (Å²) in [4.78, 5) is 11.5. The van der Waals surface area contributed by atoms with Crippen LogP contribution in [0.5, 0.6) is 0 Å². The maximum Gasteiger partial charge on any atom is 0.308 e. The van der Waals surface area contributed by atoms with Crippen molar-refractivity contribution in [2.24, 2.45) is 11.8 Å². The number of allylic oxidation sites excluding steroid dienone is 2. The zero-order valence-electron chi connectivity index (χ0n) is 13.6. The van der Waals surface area contributed by atoms with Crippen molar-refractivity contribution in [1.29, 1.82) is 0 Å². The summed E-state index contributed by atoms with van der Waals surface area (Å²) in [5.41, 5.74) is 2.71. The van der Waals surface area contributed by atoms with Crippen LogP contribution in [0.1, 0.15) is 49.4 Å². The lowest BCUT2D eigenvalue weighted by atomic mass is 9.90. The van der Waals surface area contributed by atoms with Gasteiger partial charge in [-0.15, -0.1) is 0 Å². The van der Waals surface area contributed by atoms with Crippen LogP contribution >= 0.6 is 0 Å². The number of aliphatic hydroxyl groups is 1. The lowest BCUT2D eigenvalue weighted by Crippen LogP contribution is -2.33. The van der Waals surface area contributed by atoms with Gasteiger partial charge in [0.05, 0.1) is 12.5 Å². The maximum atomic E-state index is 11.5. The first-order valence-electron chi connectivity index (χ1n) is 8.82. The van der Waals surface area contributed by atoms with Crippen molar-refractivity contribution in [3.63, 3.8) is 0 Å². The Bertz CT molecular complexity index is 633. The quantitative estimate of drug-likeness (QED) is 0.686. The Kier molecular flexibility index (Phi) is 3.80. The van der Waals surface area contributed by atoms with Crippen molar-refractivity contribution < 1.29 is 14.6 Å². The van der Waals surface area contributed by atoms with Crippen LogP contribution in [0.25, 0.3) is 0 Å². The Morgan fingerprint density at radius 3 is 2.83 bits per heavy atom. The summed E-state index contributed by atoms with van der Waals surface area (Å²) < 4.78 is 7.78.